The molecule has 0 radical (unpaired) electrons. The van der Waals surface area contributed by atoms with E-state index < -0.39 is 0 Å². The molecule has 1 fully saturated rings. The number of rotatable bonds is 5. The van der Waals surface area contributed by atoms with E-state index >= 15 is 0 Å². The van der Waals surface area contributed by atoms with E-state index in [-0.39, 0.29) is 12.2 Å². The Morgan fingerprint density at radius 2 is 2.00 bits per heavy atom. The number of nitrogens with one attached hydrogen (secondary N) is 1. The largest absolute Gasteiger partial charge is 0.372 e. The van der Waals surface area contributed by atoms with Crippen molar-refractivity contribution >= 4 is 5.69 Å². The van der Waals surface area contributed by atoms with Crippen LogP contribution in [0.2, 0.25) is 0 Å². The summed E-state index contributed by atoms with van der Waals surface area (Å²) in [6.07, 6.45) is 2.57. The molecule has 0 saturated carbocycles. The Labute approximate surface area is 128 Å². The van der Waals surface area contributed by atoms with Crippen molar-refractivity contribution in [3.05, 3.63) is 23.5 Å². The highest BCUT2D eigenvalue weighted by Crippen LogP contribution is 2.25. The number of nitrogens with zero attached hydrogens (tertiary/aromatic N) is 2. The Kier molecular flexibility index (Phi) is 5.59. The molecule has 4 nitrogen and oxygen atoms in total. The number of aromatic nitrogens is 1. The monoisotopic (exact) mass is 291 g/mol. The average Bonchev–Trinajstić information content (AvgIpc) is 2.39. The third-order valence-electron chi connectivity index (χ3n) is 3.73. The smallest absolute Gasteiger partial charge is 0.0726 e. The highest BCUT2D eigenvalue weighted by atomic mass is 16.5. The minimum Gasteiger partial charge on any atom is -0.372 e. The first-order chi connectivity index (χ1) is 9.95. The fourth-order valence-electron chi connectivity index (χ4n) is 2.87. The summed E-state index contributed by atoms with van der Waals surface area (Å²) < 4.78 is 5.85. The molecule has 2 atom stereocenters. The topological polar surface area (TPSA) is 37.4 Å². The van der Waals surface area contributed by atoms with Crippen LogP contribution in [0, 0.1) is 12.8 Å². The minimum absolute atomic E-state index is 0.277. The molecular weight excluding hydrogens is 262 g/mol. The fourth-order valence-corrected chi connectivity index (χ4v) is 2.87. The van der Waals surface area contributed by atoms with Crippen LogP contribution >= 0.6 is 0 Å². The summed E-state index contributed by atoms with van der Waals surface area (Å²) in [6, 6.07) is 2.21. The molecule has 1 aromatic heterocycles. The van der Waals surface area contributed by atoms with Gasteiger partial charge in [-0.05, 0) is 39.3 Å². The molecule has 118 valence electrons. The maximum atomic E-state index is 5.85. The van der Waals surface area contributed by atoms with E-state index in [4.69, 9.17) is 4.74 Å². The lowest BCUT2D eigenvalue weighted by atomic mass is 10.1. The summed E-state index contributed by atoms with van der Waals surface area (Å²) in [5, 5.41) is 3.52. The van der Waals surface area contributed by atoms with Gasteiger partial charge in [0.15, 0.2) is 0 Å². The second-order valence-electron chi connectivity index (χ2n) is 6.64. The van der Waals surface area contributed by atoms with Crippen molar-refractivity contribution in [2.75, 3.05) is 24.5 Å². The summed E-state index contributed by atoms with van der Waals surface area (Å²) in [5.74, 6) is 0.662. The molecule has 4 heteroatoms. The van der Waals surface area contributed by atoms with E-state index in [0.717, 1.165) is 31.9 Å². The quantitative estimate of drug-likeness (QED) is 0.905. The molecular formula is C17H29N3O. The molecule has 0 bridgehead atoms. The number of aryl methyl sites for hydroxylation is 1. The van der Waals surface area contributed by atoms with Gasteiger partial charge in [-0.1, -0.05) is 13.8 Å². The van der Waals surface area contributed by atoms with E-state index in [1.807, 2.05) is 6.20 Å². The zero-order valence-electron chi connectivity index (χ0n) is 14.0. The van der Waals surface area contributed by atoms with Crippen LogP contribution in [0.25, 0.3) is 0 Å². The summed E-state index contributed by atoms with van der Waals surface area (Å²) in [4.78, 5) is 6.92. The maximum Gasteiger partial charge on any atom is 0.0726 e. The Morgan fingerprint density at radius 3 is 2.62 bits per heavy atom. The van der Waals surface area contributed by atoms with Gasteiger partial charge in [-0.25, -0.2) is 0 Å². The predicted molar refractivity (Wildman–Crippen MR) is 87.7 cm³/mol. The van der Waals surface area contributed by atoms with Gasteiger partial charge in [0.25, 0.3) is 0 Å². The molecule has 0 amide bonds. The molecule has 0 aliphatic carbocycles. The Balaban J connectivity index is 2.14. The van der Waals surface area contributed by atoms with Crippen LogP contribution in [0.1, 0.15) is 39.0 Å². The van der Waals surface area contributed by atoms with Crippen LogP contribution in [0.5, 0.6) is 0 Å². The van der Waals surface area contributed by atoms with Crippen molar-refractivity contribution in [1.29, 1.82) is 0 Å². The number of anilines is 1. The summed E-state index contributed by atoms with van der Waals surface area (Å²) >= 11 is 0. The standard InChI is InChI=1S/C17H29N3O/c1-12(2)7-18-8-16-9-19-13(3)6-17(16)20-10-14(4)21-15(5)11-20/h6,9,12,14-15,18H,7-8,10-11H2,1-5H3/t14-,15+. The molecule has 1 aromatic rings. The number of hydrogen-bond donors (Lipinski definition) is 1. The lowest BCUT2D eigenvalue weighted by molar-refractivity contribution is -0.00527. The van der Waals surface area contributed by atoms with Crippen molar-refractivity contribution in [3.63, 3.8) is 0 Å². The molecule has 0 aromatic carbocycles. The third kappa shape index (κ3) is 4.68. The predicted octanol–water partition coefficient (Wildman–Crippen LogP) is 2.75. The van der Waals surface area contributed by atoms with Crippen LogP contribution in [0.15, 0.2) is 12.3 Å². The first-order valence-corrected chi connectivity index (χ1v) is 8.02. The van der Waals surface area contributed by atoms with Gasteiger partial charge in [-0.2, -0.15) is 0 Å². The van der Waals surface area contributed by atoms with Crippen LogP contribution < -0.4 is 10.2 Å². The number of ether oxygens (including phenoxy) is 1. The molecule has 0 unspecified atom stereocenters. The van der Waals surface area contributed by atoms with Gasteiger partial charge in [-0.15, -0.1) is 0 Å². The van der Waals surface area contributed by atoms with Crippen molar-refractivity contribution < 1.29 is 4.74 Å². The molecule has 2 heterocycles. The molecule has 1 aliphatic heterocycles. The van der Waals surface area contributed by atoms with Crippen LogP contribution in [-0.4, -0.2) is 36.8 Å². The highest BCUT2D eigenvalue weighted by molar-refractivity contribution is 5.54. The van der Waals surface area contributed by atoms with E-state index in [1.54, 1.807) is 0 Å². The van der Waals surface area contributed by atoms with Gasteiger partial charge in [0.1, 0.15) is 0 Å². The van der Waals surface area contributed by atoms with Crippen molar-refractivity contribution in [3.8, 4) is 0 Å². The third-order valence-corrected chi connectivity index (χ3v) is 3.73. The van der Waals surface area contributed by atoms with Crippen LogP contribution in [0.4, 0.5) is 5.69 Å². The number of pyridine rings is 1. The van der Waals surface area contributed by atoms with Gasteiger partial charge in [0.2, 0.25) is 0 Å². The van der Waals surface area contributed by atoms with Crippen molar-refractivity contribution in [2.45, 2.75) is 53.4 Å². The lowest BCUT2D eigenvalue weighted by Crippen LogP contribution is -2.46. The molecule has 21 heavy (non-hydrogen) atoms. The number of morpholine rings is 1. The molecule has 1 N–H and O–H groups in total. The Morgan fingerprint density at radius 1 is 1.33 bits per heavy atom. The van der Waals surface area contributed by atoms with E-state index in [2.05, 4.69) is 55.9 Å². The van der Waals surface area contributed by atoms with Gasteiger partial charge in [-0.3, -0.25) is 4.98 Å². The highest BCUT2D eigenvalue weighted by Gasteiger charge is 2.24. The van der Waals surface area contributed by atoms with Gasteiger partial charge in [0, 0.05) is 42.8 Å². The SMILES string of the molecule is Cc1cc(N2C[C@@H](C)O[C@@H](C)C2)c(CNCC(C)C)cn1. The molecule has 1 saturated heterocycles. The zero-order chi connectivity index (χ0) is 15.4. The number of hydrogen-bond acceptors (Lipinski definition) is 4. The van der Waals surface area contributed by atoms with Crippen LogP contribution in [0.3, 0.4) is 0 Å². The van der Waals surface area contributed by atoms with Crippen molar-refractivity contribution in [1.82, 2.24) is 10.3 Å². The summed E-state index contributed by atoms with van der Waals surface area (Å²) in [7, 11) is 0. The Hall–Kier alpha value is -1.13. The molecule has 0 spiro atoms. The Bertz CT molecular complexity index is 451. The van der Waals surface area contributed by atoms with Crippen molar-refractivity contribution in [2.24, 2.45) is 5.92 Å². The van der Waals surface area contributed by atoms with Gasteiger partial charge >= 0.3 is 0 Å². The molecule has 1 aliphatic rings. The van der Waals surface area contributed by atoms with Crippen LogP contribution in [-0.2, 0) is 11.3 Å². The first kappa shape index (κ1) is 16.2. The normalized spacial score (nSPS) is 22.9. The maximum absolute atomic E-state index is 5.85. The van der Waals surface area contributed by atoms with Gasteiger partial charge < -0.3 is 15.0 Å². The zero-order valence-corrected chi connectivity index (χ0v) is 14.0. The minimum atomic E-state index is 0.277. The second-order valence-corrected chi connectivity index (χ2v) is 6.64. The van der Waals surface area contributed by atoms with E-state index in [9.17, 15) is 0 Å². The lowest BCUT2D eigenvalue weighted by Gasteiger charge is -2.38. The van der Waals surface area contributed by atoms with Gasteiger partial charge in [0.05, 0.1) is 12.2 Å². The summed E-state index contributed by atoms with van der Waals surface area (Å²) in [6.45, 7) is 14.6. The van der Waals surface area contributed by atoms with E-state index in [1.165, 1.54) is 11.3 Å². The fraction of sp³-hybridized carbons (Fsp3) is 0.706. The summed E-state index contributed by atoms with van der Waals surface area (Å²) in [5.41, 5.74) is 3.66. The first-order valence-electron chi connectivity index (χ1n) is 8.02. The molecule has 2 rings (SSSR count). The average molecular weight is 291 g/mol. The second kappa shape index (κ2) is 7.23. The van der Waals surface area contributed by atoms with E-state index in [0.29, 0.717) is 5.92 Å².